The maximum absolute atomic E-state index is 15.8. The minimum atomic E-state index is -1.67. The average molecular weight is 696 g/mol. The molecule has 2 N–H and O–H groups in total. The van der Waals surface area contributed by atoms with E-state index in [1.807, 2.05) is 46.8 Å². The molecule has 1 saturated heterocycles. The van der Waals surface area contributed by atoms with Gasteiger partial charge in [0.2, 0.25) is 5.91 Å². The van der Waals surface area contributed by atoms with Crippen LogP contribution in [0.2, 0.25) is 10.0 Å². The topological polar surface area (TPSA) is 64.9 Å². The zero-order valence-electron chi connectivity index (χ0n) is 22.8. The summed E-state index contributed by atoms with van der Waals surface area (Å²) in [7, 11) is 0. The number of carbonyl (C=O) groups excluding carboxylic acids is 1. The van der Waals surface area contributed by atoms with Gasteiger partial charge in [-0.3, -0.25) is 4.79 Å². The lowest BCUT2D eigenvalue weighted by Gasteiger charge is -2.37. The van der Waals surface area contributed by atoms with Gasteiger partial charge < -0.3 is 10.6 Å². The highest BCUT2D eigenvalue weighted by Gasteiger charge is 2.61. The smallest absolute Gasteiger partial charge is 0.242 e. The molecule has 1 amide bonds. The van der Waals surface area contributed by atoms with Crippen molar-refractivity contribution in [1.82, 2.24) is 5.32 Å². The molecule has 3 aromatic carbocycles. The molecule has 0 spiro atoms. The van der Waals surface area contributed by atoms with Crippen molar-refractivity contribution in [2.45, 2.75) is 64.5 Å². The molecule has 3 aromatic rings. The molecule has 1 aliphatic heterocycles. The van der Waals surface area contributed by atoms with Gasteiger partial charge in [-0.25, -0.2) is 8.78 Å². The average Bonchev–Trinajstić information content (AvgIpc) is 3.17. The van der Waals surface area contributed by atoms with E-state index in [9.17, 15) is 10.1 Å². The molecule has 9 heteroatoms. The number of hydrogen-bond acceptors (Lipinski definition) is 3. The Kier molecular flexibility index (Phi) is 8.87. The quantitative estimate of drug-likeness (QED) is 0.263. The largest absolute Gasteiger partial charge is 0.325 e. The molecule has 4 atom stereocenters. The zero-order chi connectivity index (χ0) is 29.6. The minimum absolute atomic E-state index is 0.0433. The molecule has 0 aliphatic carbocycles. The van der Waals surface area contributed by atoms with Crippen LogP contribution in [0.1, 0.15) is 55.4 Å². The maximum Gasteiger partial charge on any atom is 0.242 e. The van der Waals surface area contributed by atoms with E-state index in [4.69, 9.17) is 23.2 Å². The van der Waals surface area contributed by atoms with Gasteiger partial charge in [0.25, 0.3) is 0 Å². The van der Waals surface area contributed by atoms with Crippen molar-refractivity contribution in [1.29, 1.82) is 5.26 Å². The van der Waals surface area contributed by atoms with E-state index >= 15 is 8.78 Å². The summed E-state index contributed by atoms with van der Waals surface area (Å²) in [6.45, 7) is 9.88. The Bertz CT molecular complexity index is 1490. The Balaban J connectivity index is 1.96. The molecule has 4 rings (SSSR count). The molecule has 0 aromatic heterocycles. The molecule has 0 radical (unpaired) electrons. The maximum atomic E-state index is 15.8. The minimum Gasteiger partial charge on any atom is -0.325 e. The summed E-state index contributed by atoms with van der Waals surface area (Å²) >= 11 is 14.5. The number of halogens is 5. The molecule has 0 unspecified atom stereocenters. The number of anilines is 1. The molecule has 0 saturated carbocycles. The Morgan fingerprint density at radius 2 is 1.77 bits per heavy atom. The van der Waals surface area contributed by atoms with Gasteiger partial charge in [-0.2, -0.15) is 5.26 Å². The van der Waals surface area contributed by atoms with E-state index in [1.165, 1.54) is 24.3 Å². The normalized spacial score (nSPS) is 22.7. The fraction of sp³-hybridized carbons (Fsp3) is 0.355. The van der Waals surface area contributed by atoms with Crippen molar-refractivity contribution >= 4 is 57.4 Å². The Morgan fingerprint density at radius 3 is 2.35 bits per heavy atom. The van der Waals surface area contributed by atoms with Gasteiger partial charge in [0.1, 0.15) is 17.0 Å². The van der Waals surface area contributed by atoms with E-state index in [1.54, 1.807) is 6.07 Å². The molecule has 0 bridgehead atoms. The van der Waals surface area contributed by atoms with E-state index in [0.717, 1.165) is 20.8 Å². The molecular formula is C31H30Cl2F2IN3O. The van der Waals surface area contributed by atoms with Crippen LogP contribution in [0.3, 0.4) is 0 Å². The summed E-state index contributed by atoms with van der Waals surface area (Å²) in [4.78, 5) is 14.0. The van der Waals surface area contributed by atoms with Crippen molar-refractivity contribution in [2.24, 2.45) is 5.41 Å². The van der Waals surface area contributed by atoms with E-state index in [-0.39, 0.29) is 26.6 Å². The van der Waals surface area contributed by atoms with Crippen LogP contribution < -0.4 is 10.6 Å². The molecule has 40 heavy (non-hydrogen) atoms. The Labute approximate surface area is 257 Å². The summed E-state index contributed by atoms with van der Waals surface area (Å²) in [5, 5.41) is 17.3. The van der Waals surface area contributed by atoms with Gasteiger partial charge >= 0.3 is 0 Å². The third kappa shape index (κ3) is 5.74. The number of nitriles is 1. The SMILES string of the molecule is Cc1cc(NC(=O)[C@@H]2N[C@@H](CC(C)(C)C)[C@](C#N)(c3ccc(Cl)cc3F)[C@H]2c2cccc(Cl)c2F)cc(C)c1I. The van der Waals surface area contributed by atoms with Crippen molar-refractivity contribution in [3.05, 3.63) is 96.0 Å². The van der Waals surface area contributed by atoms with Crippen molar-refractivity contribution in [3.63, 3.8) is 0 Å². The number of benzene rings is 3. The highest BCUT2D eigenvalue weighted by molar-refractivity contribution is 14.1. The second kappa shape index (κ2) is 11.6. The van der Waals surface area contributed by atoms with Crippen LogP contribution in [-0.2, 0) is 10.2 Å². The standard InChI is InChI=1S/C31H30Cl2F2IN3O/c1-16-11-19(12-17(2)27(16)36)38-29(40)28-25(20-7-6-8-22(33)26(20)35)31(15-37,24(39-28)14-30(3,4)5)21-10-9-18(32)13-23(21)34/h6-13,24-25,28,39H,14H2,1-5H3,(H,38,40)/t24-,25-,28+,31-/m0/s1. The number of aryl methyl sites for hydroxylation is 2. The van der Waals surface area contributed by atoms with E-state index in [0.29, 0.717) is 12.1 Å². The Hall–Kier alpha value is -2.25. The Morgan fingerprint density at radius 1 is 1.12 bits per heavy atom. The van der Waals surface area contributed by atoms with E-state index in [2.05, 4.69) is 39.3 Å². The second-order valence-corrected chi connectivity index (χ2v) is 13.5. The summed E-state index contributed by atoms with van der Waals surface area (Å²) in [6.07, 6.45) is 0.396. The molecular weight excluding hydrogens is 666 g/mol. The number of amides is 1. The summed E-state index contributed by atoms with van der Waals surface area (Å²) in [6, 6.07) is 12.9. The fourth-order valence-electron chi connectivity index (χ4n) is 5.79. The van der Waals surface area contributed by atoms with Crippen LogP contribution in [0, 0.1) is 45.8 Å². The predicted octanol–water partition coefficient (Wildman–Crippen LogP) is 8.45. The molecule has 210 valence electrons. The van der Waals surface area contributed by atoms with E-state index < -0.39 is 41.0 Å². The van der Waals surface area contributed by atoms with Gasteiger partial charge in [-0.05, 0) is 95.3 Å². The summed E-state index contributed by atoms with van der Waals surface area (Å²) in [5.74, 6) is -3.03. The summed E-state index contributed by atoms with van der Waals surface area (Å²) in [5.41, 5.74) is 0.667. The predicted molar refractivity (Wildman–Crippen MR) is 165 cm³/mol. The van der Waals surface area contributed by atoms with Crippen LogP contribution >= 0.6 is 45.8 Å². The lowest BCUT2D eigenvalue weighted by molar-refractivity contribution is -0.118. The molecule has 1 fully saturated rings. The second-order valence-electron chi connectivity index (χ2n) is 11.6. The first-order chi connectivity index (χ1) is 18.7. The lowest BCUT2D eigenvalue weighted by atomic mass is 9.62. The first-order valence-electron chi connectivity index (χ1n) is 12.8. The highest BCUT2D eigenvalue weighted by atomic mass is 127. The van der Waals surface area contributed by atoms with Crippen LogP contribution in [0.15, 0.2) is 48.5 Å². The first kappa shape index (κ1) is 30.7. The number of nitrogens with zero attached hydrogens (tertiary/aromatic N) is 1. The van der Waals surface area contributed by atoms with Crippen molar-refractivity contribution in [2.75, 3.05) is 5.32 Å². The lowest BCUT2D eigenvalue weighted by Crippen LogP contribution is -2.45. The third-order valence-electron chi connectivity index (χ3n) is 7.44. The van der Waals surface area contributed by atoms with Crippen LogP contribution in [-0.4, -0.2) is 18.0 Å². The zero-order valence-corrected chi connectivity index (χ0v) is 26.5. The van der Waals surface area contributed by atoms with Crippen LogP contribution in [0.5, 0.6) is 0 Å². The van der Waals surface area contributed by atoms with Crippen LogP contribution in [0.4, 0.5) is 14.5 Å². The van der Waals surface area contributed by atoms with Gasteiger partial charge in [0.15, 0.2) is 0 Å². The van der Waals surface area contributed by atoms with Crippen LogP contribution in [0.25, 0.3) is 0 Å². The molecule has 1 aliphatic rings. The van der Waals surface area contributed by atoms with Gasteiger partial charge in [0.05, 0.1) is 17.1 Å². The monoisotopic (exact) mass is 695 g/mol. The van der Waals surface area contributed by atoms with Crippen molar-refractivity contribution < 1.29 is 13.6 Å². The number of carbonyl (C=O) groups is 1. The van der Waals surface area contributed by atoms with Crippen molar-refractivity contribution in [3.8, 4) is 6.07 Å². The first-order valence-corrected chi connectivity index (χ1v) is 14.7. The number of rotatable bonds is 5. The van der Waals surface area contributed by atoms with Gasteiger partial charge in [-0.15, -0.1) is 0 Å². The summed E-state index contributed by atoms with van der Waals surface area (Å²) < 4.78 is 32.6. The fourth-order valence-corrected chi connectivity index (χ4v) is 6.45. The number of nitrogens with one attached hydrogen (secondary N) is 2. The molecule has 1 heterocycles. The highest BCUT2D eigenvalue weighted by Crippen LogP contribution is 2.53. The van der Waals surface area contributed by atoms with Gasteiger partial charge in [-0.1, -0.05) is 62.2 Å². The third-order valence-corrected chi connectivity index (χ3v) is 9.66. The number of hydrogen-bond donors (Lipinski definition) is 2. The van der Waals surface area contributed by atoms with Gasteiger partial charge in [0, 0.05) is 31.8 Å². The molecule has 4 nitrogen and oxygen atoms in total.